The van der Waals surface area contributed by atoms with Gasteiger partial charge in [0.05, 0.1) is 0 Å². The van der Waals surface area contributed by atoms with E-state index in [1.54, 1.807) is 10.9 Å². The van der Waals surface area contributed by atoms with Crippen molar-refractivity contribution in [3.05, 3.63) is 56.0 Å². The number of thiophene rings is 1. The molecule has 1 aromatic heterocycles. The number of fused-ring (bicyclic) bond motifs is 1. The van der Waals surface area contributed by atoms with Crippen molar-refractivity contribution in [1.29, 1.82) is 0 Å². The minimum atomic E-state index is -0.281. The van der Waals surface area contributed by atoms with Crippen LogP contribution in [0.15, 0.2) is 24.3 Å². The van der Waals surface area contributed by atoms with Crippen molar-refractivity contribution in [1.82, 2.24) is 5.32 Å². The smallest absolute Gasteiger partial charge is 0.124 e. The zero-order chi connectivity index (χ0) is 14.8. The number of likely N-dealkylation sites (N-methyl/N-ethyl adjacent to an activating group) is 1. The van der Waals surface area contributed by atoms with E-state index in [0.717, 1.165) is 12.0 Å². The van der Waals surface area contributed by atoms with E-state index in [1.807, 2.05) is 18.4 Å². The molecule has 1 atom stereocenters. The Morgan fingerprint density at radius 2 is 2.10 bits per heavy atom. The lowest BCUT2D eigenvalue weighted by molar-refractivity contribution is 0.597. The lowest BCUT2D eigenvalue weighted by Gasteiger charge is -2.15. The van der Waals surface area contributed by atoms with Gasteiger partial charge < -0.3 is 5.32 Å². The quantitative estimate of drug-likeness (QED) is 0.842. The minimum absolute atomic E-state index is 0.239. The number of nitrogens with one attached hydrogen (secondary N) is 1. The summed E-state index contributed by atoms with van der Waals surface area (Å²) in [5, 5.41) is 3.89. The van der Waals surface area contributed by atoms with Gasteiger partial charge in [-0.1, -0.05) is 17.7 Å². The Hall–Kier alpha value is -0.900. The highest BCUT2D eigenvalue weighted by molar-refractivity contribution is 7.12. The third-order valence-corrected chi connectivity index (χ3v) is 5.85. The van der Waals surface area contributed by atoms with Crippen LogP contribution in [0.1, 0.15) is 39.8 Å². The summed E-state index contributed by atoms with van der Waals surface area (Å²) in [7, 11) is 1.97. The van der Waals surface area contributed by atoms with Crippen LogP contribution in [0.5, 0.6) is 0 Å². The Labute approximate surface area is 134 Å². The Balaban J connectivity index is 1.83. The van der Waals surface area contributed by atoms with Crippen LogP contribution in [0.3, 0.4) is 0 Å². The van der Waals surface area contributed by atoms with Crippen LogP contribution in [-0.4, -0.2) is 7.05 Å². The lowest BCUT2D eigenvalue weighted by atomic mass is 9.98. The van der Waals surface area contributed by atoms with Gasteiger partial charge >= 0.3 is 0 Å². The first-order valence-corrected chi connectivity index (χ1v) is 8.59. The van der Waals surface area contributed by atoms with Gasteiger partial charge in [0.25, 0.3) is 0 Å². The van der Waals surface area contributed by atoms with E-state index in [4.69, 9.17) is 11.6 Å². The third kappa shape index (κ3) is 3.31. The summed E-state index contributed by atoms with van der Waals surface area (Å²) in [6.07, 6.45) is 5.82. The molecule has 4 heteroatoms. The van der Waals surface area contributed by atoms with Crippen LogP contribution in [0, 0.1) is 5.82 Å². The van der Waals surface area contributed by atoms with Gasteiger partial charge in [0.15, 0.2) is 0 Å². The van der Waals surface area contributed by atoms with E-state index in [2.05, 4.69) is 11.4 Å². The molecule has 3 rings (SSSR count). The summed E-state index contributed by atoms with van der Waals surface area (Å²) >= 11 is 8.07. The third-order valence-electron chi connectivity index (χ3n) is 4.15. The molecule has 0 aliphatic heterocycles. The molecule has 1 unspecified atom stereocenters. The molecule has 1 aliphatic rings. The number of hydrogen-bond acceptors (Lipinski definition) is 2. The molecular formula is C17H19ClFNS. The average Bonchev–Trinajstić information content (AvgIpc) is 2.90. The van der Waals surface area contributed by atoms with E-state index < -0.39 is 0 Å². The summed E-state index contributed by atoms with van der Waals surface area (Å²) in [6, 6.07) is 7.24. The summed E-state index contributed by atoms with van der Waals surface area (Å²) in [4.78, 5) is 2.91. The SMILES string of the molecule is CNC(Cc1ccc(F)cc1Cl)c1cc2c(s1)CCCC2. The van der Waals surface area contributed by atoms with Crippen molar-refractivity contribution in [3.8, 4) is 0 Å². The topological polar surface area (TPSA) is 12.0 Å². The minimum Gasteiger partial charge on any atom is -0.312 e. The maximum atomic E-state index is 13.1. The Bertz CT molecular complexity index is 614. The monoisotopic (exact) mass is 323 g/mol. The van der Waals surface area contributed by atoms with Crippen molar-refractivity contribution in [2.45, 2.75) is 38.1 Å². The van der Waals surface area contributed by atoms with Crippen LogP contribution in [0.2, 0.25) is 5.02 Å². The summed E-state index contributed by atoms with van der Waals surface area (Å²) in [6.45, 7) is 0. The molecule has 1 aliphatic carbocycles. The second kappa shape index (κ2) is 6.47. The summed E-state index contributed by atoms with van der Waals surface area (Å²) in [5.41, 5.74) is 2.51. The van der Waals surface area contributed by atoms with Crippen LogP contribution >= 0.6 is 22.9 Å². The number of hydrogen-bond donors (Lipinski definition) is 1. The normalized spacial score (nSPS) is 15.8. The molecule has 0 amide bonds. The van der Waals surface area contributed by atoms with Gasteiger partial charge in [-0.2, -0.15) is 0 Å². The molecule has 112 valence electrons. The number of aryl methyl sites for hydroxylation is 2. The van der Waals surface area contributed by atoms with Crippen molar-refractivity contribution < 1.29 is 4.39 Å². The maximum Gasteiger partial charge on any atom is 0.124 e. The fourth-order valence-corrected chi connectivity index (χ4v) is 4.55. The fourth-order valence-electron chi connectivity index (χ4n) is 2.94. The molecule has 21 heavy (non-hydrogen) atoms. The highest BCUT2D eigenvalue weighted by atomic mass is 35.5. The number of halogens is 2. The molecule has 2 aromatic rings. The molecule has 0 spiro atoms. The summed E-state index contributed by atoms with van der Waals surface area (Å²) < 4.78 is 13.1. The zero-order valence-electron chi connectivity index (χ0n) is 12.1. The predicted molar refractivity (Wildman–Crippen MR) is 87.9 cm³/mol. The van der Waals surface area contributed by atoms with Gasteiger partial charge in [-0.05, 0) is 68.5 Å². The van der Waals surface area contributed by atoms with E-state index in [-0.39, 0.29) is 11.9 Å². The van der Waals surface area contributed by atoms with E-state index in [1.165, 1.54) is 48.3 Å². The van der Waals surface area contributed by atoms with Crippen LogP contribution in [0.4, 0.5) is 4.39 Å². The predicted octanol–water partition coefficient (Wildman–Crippen LogP) is 4.92. The molecular weight excluding hydrogens is 305 g/mol. The van der Waals surface area contributed by atoms with E-state index in [9.17, 15) is 4.39 Å². The maximum absolute atomic E-state index is 13.1. The van der Waals surface area contributed by atoms with Crippen molar-refractivity contribution in [2.24, 2.45) is 0 Å². The first-order chi connectivity index (χ1) is 10.2. The molecule has 1 aromatic carbocycles. The highest BCUT2D eigenvalue weighted by Crippen LogP contribution is 2.34. The van der Waals surface area contributed by atoms with Crippen LogP contribution < -0.4 is 5.32 Å². The van der Waals surface area contributed by atoms with Gasteiger partial charge in [-0.25, -0.2) is 4.39 Å². The molecule has 0 saturated carbocycles. The highest BCUT2D eigenvalue weighted by Gasteiger charge is 2.19. The molecule has 1 heterocycles. The zero-order valence-corrected chi connectivity index (χ0v) is 13.7. The first kappa shape index (κ1) is 15.0. The van der Waals surface area contributed by atoms with Gasteiger partial charge in [0.2, 0.25) is 0 Å². The van der Waals surface area contributed by atoms with E-state index in [0.29, 0.717) is 5.02 Å². The molecule has 1 N–H and O–H groups in total. The van der Waals surface area contributed by atoms with Crippen LogP contribution in [-0.2, 0) is 19.3 Å². The standard InChI is InChI=1S/C17H19ClFNS/c1-20-15(8-11-6-7-13(19)10-14(11)18)17-9-12-4-2-3-5-16(12)21-17/h6-7,9-10,15,20H,2-5,8H2,1H3. The molecule has 0 radical (unpaired) electrons. The number of rotatable bonds is 4. The van der Waals surface area contributed by atoms with Crippen molar-refractivity contribution in [2.75, 3.05) is 7.05 Å². The van der Waals surface area contributed by atoms with Gasteiger partial charge in [-0.3, -0.25) is 0 Å². The van der Waals surface area contributed by atoms with Crippen molar-refractivity contribution >= 4 is 22.9 Å². The largest absolute Gasteiger partial charge is 0.312 e. The Morgan fingerprint density at radius 3 is 2.81 bits per heavy atom. The van der Waals surface area contributed by atoms with Crippen molar-refractivity contribution in [3.63, 3.8) is 0 Å². The second-order valence-electron chi connectivity index (χ2n) is 5.59. The fraction of sp³-hybridized carbons (Fsp3) is 0.412. The molecule has 0 bridgehead atoms. The second-order valence-corrected chi connectivity index (χ2v) is 7.16. The number of benzene rings is 1. The Kier molecular flexibility index (Phi) is 4.63. The molecule has 0 fully saturated rings. The van der Waals surface area contributed by atoms with Gasteiger partial charge in [-0.15, -0.1) is 11.3 Å². The van der Waals surface area contributed by atoms with Gasteiger partial charge in [0, 0.05) is 20.8 Å². The van der Waals surface area contributed by atoms with Crippen LogP contribution in [0.25, 0.3) is 0 Å². The molecule has 0 saturated heterocycles. The lowest BCUT2D eigenvalue weighted by Crippen LogP contribution is -2.18. The first-order valence-electron chi connectivity index (χ1n) is 7.40. The van der Waals surface area contributed by atoms with E-state index >= 15 is 0 Å². The molecule has 1 nitrogen and oxygen atoms in total. The van der Waals surface area contributed by atoms with Gasteiger partial charge in [0.1, 0.15) is 5.82 Å². The Morgan fingerprint density at radius 1 is 1.29 bits per heavy atom. The average molecular weight is 324 g/mol. The summed E-state index contributed by atoms with van der Waals surface area (Å²) in [5.74, 6) is -0.281.